The van der Waals surface area contributed by atoms with Crippen LogP contribution in [0.25, 0.3) is 38.2 Å². The van der Waals surface area contributed by atoms with Crippen molar-refractivity contribution in [2.24, 2.45) is 7.05 Å². The third-order valence-corrected chi connectivity index (χ3v) is 7.02. The van der Waals surface area contributed by atoms with Gasteiger partial charge in [-0.25, -0.2) is 9.36 Å². The molecule has 2 aromatic heterocycles. The minimum absolute atomic E-state index is 0.0392. The summed E-state index contributed by atoms with van der Waals surface area (Å²) in [6.07, 6.45) is 0. The number of nitrogens with zero attached hydrogens (tertiary/aromatic N) is 2. The van der Waals surface area contributed by atoms with Gasteiger partial charge in [0.15, 0.2) is 11.0 Å². The van der Waals surface area contributed by atoms with Crippen molar-refractivity contribution in [1.29, 1.82) is 0 Å². The van der Waals surface area contributed by atoms with Gasteiger partial charge in [-0.3, -0.25) is 0 Å². The highest BCUT2D eigenvalue weighted by molar-refractivity contribution is 7.99. The van der Waals surface area contributed by atoms with E-state index in [0.29, 0.717) is 0 Å². The molecule has 0 aliphatic rings. The Kier molecular flexibility index (Phi) is 3.68. The third-order valence-electron chi connectivity index (χ3n) is 5.94. The van der Waals surface area contributed by atoms with Crippen molar-refractivity contribution < 1.29 is 4.57 Å². The Morgan fingerprint density at radius 3 is 2.40 bits per heavy atom. The SMILES string of the molecule is Cc1ccc(Sc2ccc3c4c2cccc4c(=O)n2c4ccccc4[n+](C)c32)cc1. The predicted molar refractivity (Wildman–Crippen MR) is 124 cm³/mol. The van der Waals surface area contributed by atoms with Crippen LogP contribution >= 0.6 is 11.8 Å². The molecule has 4 aromatic carbocycles. The fourth-order valence-corrected chi connectivity index (χ4v) is 5.45. The number of aromatic nitrogens is 2. The lowest BCUT2D eigenvalue weighted by molar-refractivity contribution is -0.617. The summed E-state index contributed by atoms with van der Waals surface area (Å²) in [5, 5.41) is 4.04. The minimum Gasteiger partial charge on any atom is -0.240 e. The lowest BCUT2D eigenvalue weighted by Gasteiger charge is -2.10. The van der Waals surface area contributed by atoms with Crippen LogP contribution in [-0.2, 0) is 7.05 Å². The number of hydrogen-bond acceptors (Lipinski definition) is 2. The van der Waals surface area contributed by atoms with Crippen molar-refractivity contribution in [3.8, 4) is 0 Å². The minimum atomic E-state index is 0.0392. The summed E-state index contributed by atoms with van der Waals surface area (Å²) in [6.45, 7) is 2.10. The first kappa shape index (κ1) is 17.5. The number of benzene rings is 4. The summed E-state index contributed by atoms with van der Waals surface area (Å²) >= 11 is 1.74. The molecule has 0 saturated carbocycles. The molecule has 144 valence electrons. The first-order chi connectivity index (χ1) is 14.6. The summed E-state index contributed by atoms with van der Waals surface area (Å²) in [4.78, 5) is 15.9. The Bertz CT molecular complexity index is 1650. The molecule has 2 heterocycles. The van der Waals surface area contributed by atoms with Crippen molar-refractivity contribution in [1.82, 2.24) is 4.40 Å². The monoisotopic (exact) mass is 407 g/mol. The van der Waals surface area contributed by atoms with E-state index in [4.69, 9.17) is 0 Å². The van der Waals surface area contributed by atoms with Crippen molar-refractivity contribution in [2.75, 3.05) is 0 Å². The van der Waals surface area contributed by atoms with Crippen LogP contribution in [0, 0.1) is 6.92 Å². The number of imidazole rings is 1. The van der Waals surface area contributed by atoms with E-state index in [1.165, 1.54) is 15.4 Å². The van der Waals surface area contributed by atoms with Gasteiger partial charge >= 0.3 is 5.56 Å². The van der Waals surface area contributed by atoms with Gasteiger partial charge in [0.2, 0.25) is 0 Å². The van der Waals surface area contributed by atoms with Crippen LogP contribution in [0.4, 0.5) is 0 Å². The van der Waals surface area contributed by atoms with Crippen LogP contribution in [0.5, 0.6) is 0 Å². The maximum Gasteiger partial charge on any atom is 0.347 e. The van der Waals surface area contributed by atoms with E-state index in [1.54, 1.807) is 11.8 Å². The van der Waals surface area contributed by atoms with Gasteiger partial charge in [-0.15, -0.1) is 0 Å². The zero-order valence-electron chi connectivity index (χ0n) is 16.7. The van der Waals surface area contributed by atoms with Crippen molar-refractivity contribution in [2.45, 2.75) is 16.7 Å². The van der Waals surface area contributed by atoms with Gasteiger partial charge in [-0.2, -0.15) is 4.40 Å². The molecule has 4 heteroatoms. The van der Waals surface area contributed by atoms with Gasteiger partial charge in [-0.1, -0.05) is 53.7 Å². The topological polar surface area (TPSA) is 25.4 Å². The highest BCUT2D eigenvalue weighted by Gasteiger charge is 2.25. The number of rotatable bonds is 2. The molecular weight excluding hydrogens is 388 g/mol. The van der Waals surface area contributed by atoms with Crippen molar-refractivity contribution >= 4 is 50.0 Å². The molecule has 0 saturated heterocycles. The molecule has 0 atom stereocenters. The Balaban J connectivity index is 1.73. The van der Waals surface area contributed by atoms with Crippen molar-refractivity contribution in [3.63, 3.8) is 0 Å². The van der Waals surface area contributed by atoms with Crippen LogP contribution in [0.1, 0.15) is 5.56 Å². The summed E-state index contributed by atoms with van der Waals surface area (Å²) in [6, 6.07) is 27.1. The predicted octanol–water partition coefficient (Wildman–Crippen LogP) is 5.48. The summed E-state index contributed by atoms with van der Waals surface area (Å²) in [7, 11) is 2.04. The second kappa shape index (κ2) is 6.31. The molecule has 0 spiro atoms. The maximum absolute atomic E-state index is 13.6. The Morgan fingerprint density at radius 2 is 1.57 bits per heavy atom. The lowest BCUT2D eigenvalue weighted by Crippen LogP contribution is -2.29. The van der Waals surface area contributed by atoms with E-state index in [1.807, 2.05) is 41.8 Å². The largest absolute Gasteiger partial charge is 0.347 e. The van der Waals surface area contributed by atoms with E-state index in [-0.39, 0.29) is 5.56 Å². The van der Waals surface area contributed by atoms with Gasteiger partial charge < -0.3 is 0 Å². The first-order valence-electron chi connectivity index (χ1n) is 9.98. The lowest BCUT2D eigenvalue weighted by atomic mass is 10.0. The van der Waals surface area contributed by atoms with Crippen LogP contribution in [-0.4, -0.2) is 4.40 Å². The second-order valence-corrected chi connectivity index (χ2v) is 8.88. The summed E-state index contributed by atoms with van der Waals surface area (Å²) in [5.74, 6) is 0. The molecule has 0 aliphatic carbocycles. The third kappa shape index (κ3) is 2.34. The molecule has 3 nitrogen and oxygen atoms in total. The van der Waals surface area contributed by atoms with E-state index < -0.39 is 0 Å². The van der Waals surface area contributed by atoms with Gasteiger partial charge in [0.1, 0.15) is 0 Å². The molecule has 0 amide bonds. The first-order valence-corrected chi connectivity index (χ1v) is 10.8. The van der Waals surface area contributed by atoms with E-state index >= 15 is 0 Å². The molecule has 30 heavy (non-hydrogen) atoms. The zero-order valence-corrected chi connectivity index (χ0v) is 17.5. The number of hydrogen-bond donors (Lipinski definition) is 0. The quantitative estimate of drug-likeness (QED) is 0.355. The van der Waals surface area contributed by atoms with E-state index in [0.717, 1.165) is 38.2 Å². The molecule has 0 bridgehead atoms. The van der Waals surface area contributed by atoms with Crippen molar-refractivity contribution in [3.05, 3.63) is 94.8 Å². The smallest absolute Gasteiger partial charge is 0.240 e. The standard InChI is InChI=1S/C26H19N2OS/c1-16-10-12-17(13-11-16)30-23-15-14-19-24-18(23)6-5-7-20(24)26(29)28-22-9-4-3-8-21(22)27(2)25(19)28/h3-15H,1-2H3/q+1. The highest BCUT2D eigenvalue weighted by atomic mass is 32.2. The molecule has 6 rings (SSSR count). The number of fused-ring (bicyclic) bond motifs is 4. The molecule has 0 aliphatic heterocycles. The molecule has 6 aromatic rings. The summed E-state index contributed by atoms with van der Waals surface area (Å²) in [5.41, 5.74) is 4.23. The summed E-state index contributed by atoms with van der Waals surface area (Å²) < 4.78 is 3.99. The van der Waals surface area contributed by atoms with Gasteiger partial charge in [0.25, 0.3) is 5.65 Å². The second-order valence-electron chi connectivity index (χ2n) is 7.77. The number of para-hydroxylation sites is 2. The Hall–Kier alpha value is -3.37. The van der Waals surface area contributed by atoms with Crippen LogP contribution in [0.3, 0.4) is 0 Å². The van der Waals surface area contributed by atoms with Crippen LogP contribution in [0.2, 0.25) is 0 Å². The number of aryl methyl sites for hydroxylation is 2. The molecular formula is C26H19N2OS+. The van der Waals surface area contributed by atoms with Crippen LogP contribution < -0.4 is 10.1 Å². The fourth-order valence-electron chi connectivity index (χ4n) is 4.51. The van der Waals surface area contributed by atoms with Gasteiger partial charge in [0.05, 0.1) is 17.8 Å². The average molecular weight is 408 g/mol. The van der Waals surface area contributed by atoms with Crippen LogP contribution in [0.15, 0.2) is 93.4 Å². The normalized spacial score (nSPS) is 11.9. The Labute approximate surface area is 177 Å². The zero-order chi connectivity index (χ0) is 20.4. The average Bonchev–Trinajstić information content (AvgIpc) is 3.07. The molecule has 0 radical (unpaired) electrons. The number of pyridine rings is 1. The molecule has 0 fully saturated rings. The Morgan fingerprint density at radius 1 is 0.800 bits per heavy atom. The molecule has 0 unspecified atom stereocenters. The molecule has 0 N–H and O–H groups in total. The fraction of sp³-hybridized carbons (Fsp3) is 0.0769. The van der Waals surface area contributed by atoms with Gasteiger partial charge in [-0.05, 0) is 54.8 Å². The van der Waals surface area contributed by atoms with E-state index in [2.05, 4.69) is 60.0 Å². The van der Waals surface area contributed by atoms with E-state index in [9.17, 15) is 4.79 Å². The highest BCUT2D eigenvalue weighted by Crippen LogP contribution is 2.38. The maximum atomic E-state index is 13.6. The van der Waals surface area contributed by atoms with Gasteiger partial charge in [0, 0.05) is 15.2 Å².